The van der Waals surface area contributed by atoms with Crippen molar-refractivity contribution in [2.24, 2.45) is 0 Å². The van der Waals surface area contributed by atoms with E-state index in [9.17, 15) is 13.2 Å². The third-order valence-electron chi connectivity index (χ3n) is 6.80. The highest BCUT2D eigenvalue weighted by atomic mass is 32.2. The van der Waals surface area contributed by atoms with Gasteiger partial charge in [-0.05, 0) is 80.6 Å². The minimum absolute atomic E-state index is 0.308. The molecule has 0 atom stereocenters. The Hall–Kier alpha value is -2.58. The molecule has 0 spiro atoms. The summed E-state index contributed by atoms with van der Waals surface area (Å²) in [6, 6.07) is 15.6. The second-order valence-electron chi connectivity index (χ2n) is 9.74. The number of carbonyl (C=O) groups excluding carboxylic acids is 1. The van der Waals surface area contributed by atoms with Crippen molar-refractivity contribution in [1.29, 1.82) is 0 Å². The van der Waals surface area contributed by atoms with Gasteiger partial charge in [-0.25, -0.2) is 8.42 Å². The first-order valence-electron chi connectivity index (χ1n) is 12.9. The van der Waals surface area contributed by atoms with Gasteiger partial charge in [-0.3, -0.25) is 14.4 Å². The Kier molecular flexibility index (Phi) is 9.04. The molecule has 2 heterocycles. The molecule has 2 aromatic rings. The van der Waals surface area contributed by atoms with Crippen LogP contribution in [0.15, 0.2) is 48.5 Å². The van der Waals surface area contributed by atoms with E-state index in [-0.39, 0.29) is 0 Å². The van der Waals surface area contributed by atoms with Crippen molar-refractivity contribution in [1.82, 2.24) is 10.2 Å². The maximum absolute atomic E-state index is 12.5. The van der Waals surface area contributed by atoms with Gasteiger partial charge in [0.15, 0.2) is 0 Å². The van der Waals surface area contributed by atoms with Crippen LogP contribution in [0.5, 0.6) is 0 Å². The van der Waals surface area contributed by atoms with Gasteiger partial charge in [0.05, 0.1) is 0 Å². The molecule has 7 nitrogen and oxygen atoms in total. The number of nitrogens with one attached hydrogen (secondary N) is 2. The summed E-state index contributed by atoms with van der Waals surface area (Å²) in [5, 5.41) is 2.73. The van der Waals surface area contributed by atoms with Gasteiger partial charge in [-0.15, -0.1) is 0 Å². The quantitative estimate of drug-likeness (QED) is 0.544. The van der Waals surface area contributed by atoms with Crippen molar-refractivity contribution in [3.05, 3.63) is 59.7 Å². The molecule has 0 unspecified atom stereocenters. The molecule has 35 heavy (non-hydrogen) atoms. The highest BCUT2D eigenvalue weighted by Crippen LogP contribution is 2.22. The van der Waals surface area contributed by atoms with Crippen LogP contribution < -0.4 is 14.9 Å². The fraction of sp³-hybridized carbons (Fsp3) is 0.519. The van der Waals surface area contributed by atoms with Crippen LogP contribution in [0.25, 0.3) is 0 Å². The maximum atomic E-state index is 12.5. The van der Waals surface area contributed by atoms with Gasteiger partial charge in [0.2, 0.25) is 15.9 Å². The van der Waals surface area contributed by atoms with Crippen LogP contribution in [-0.4, -0.2) is 51.2 Å². The molecule has 2 aliphatic heterocycles. The molecule has 2 N–H and O–H groups in total. The molecule has 0 aromatic heterocycles. The van der Waals surface area contributed by atoms with Gasteiger partial charge >= 0.3 is 0 Å². The molecule has 190 valence electrons. The van der Waals surface area contributed by atoms with Crippen molar-refractivity contribution < 1.29 is 13.2 Å². The third kappa shape index (κ3) is 8.25. The average molecular weight is 499 g/mol. The molecule has 2 fully saturated rings. The Morgan fingerprint density at radius 1 is 0.743 bits per heavy atom. The van der Waals surface area contributed by atoms with Crippen LogP contribution in [0.3, 0.4) is 0 Å². The summed E-state index contributed by atoms with van der Waals surface area (Å²) in [5.41, 5.74) is 3.79. The number of anilines is 2. The van der Waals surface area contributed by atoms with Crippen molar-refractivity contribution in [3.63, 3.8) is 0 Å². The van der Waals surface area contributed by atoms with E-state index >= 15 is 0 Å². The number of rotatable bonds is 9. The summed E-state index contributed by atoms with van der Waals surface area (Å²) < 4.78 is 27.5. The van der Waals surface area contributed by atoms with Crippen LogP contribution in [0.2, 0.25) is 0 Å². The number of hydrogen-bond donors (Lipinski definition) is 2. The number of carbonyl (C=O) groups is 1. The third-order valence-corrected chi connectivity index (χ3v) is 7.99. The number of benzene rings is 2. The molecule has 2 aliphatic rings. The standard InChI is InChI=1S/C27H38N4O3S/c32-27(28-20-23-8-10-24(11-9-23)21-30-16-4-1-2-5-17-30)22-35(33,34)29-25-12-14-26(15-13-25)31-18-6-3-7-19-31/h8-15,29H,1-7,16-22H2,(H,28,32). The maximum Gasteiger partial charge on any atom is 0.241 e. The zero-order valence-electron chi connectivity index (χ0n) is 20.5. The molecule has 0 radical (unpaired) electrons. The lowest BCUT2D eigenvalue weighted by Gasteiger charge is -2.28. The zero-order chi connectivity index (χ0) is 24.5. The van der Waals surface area contributed by atoms with E-state index in [1.807, 2.05) is 24.3 Å². The highest BCUT2D eigenvalue weighted by Gasteiger charge is 2.17. The van der Waals surface area contributed by atoms with Gasteiger partial charge in [0.25, 0.3) is 0 Å². The molecule has 8 heteroatoms. The lowest BCUT2D eigenvalue weighted by Crippen LogP contribution is -2.32. The van der Waals surface area contributed by atoms with Crippen molar-refractivity contribution in [2.45, 2.75) is 58.0 Å². The van der Waals surface area contributed by atoms with Crippen LogP contribution in [-0.2, 0) is 27.9 Å². The van der Waals surface area contributed by atoms with Gasteiger partial charge in [-0.2, -0.15) is 0 Å². The van der Waals surface area contributed by atoms with Gasteiger partial charge in [-0.1, -0.05) is 37.1 Å². The topological polar surface area (TPSA) is 81.8 Å². The molecule has 0 saturated carbocycles. The Morgan fingerprint density at radius 2 is 1.31 bits per heavy atom. The molecule has 0 aliphatic carbocycles. The van der Waals surface area contributed by atoms with E-state index < -0.39 is 21.7 Å². The summed E-state index contributed by atoms with van der Waals surface area (Å²) in [4.78, 5) is 17.1. The van der Waals surface area contributed by atoms with Crippen molar-refractivity contribution in [3.8, 4) is 0 Å². The number of sulfonamides is 1. The van der Waals surface area contributed by atoms with Crippen LogP contribution in [0.4, 0.5) is 11.4 Å². The largest absolute Gasteiger partial charge is 0.372 e. The molecular formula is C27H38N4O3S. The van der Waals surface area contributed by atoms with E-state index in [2.05, 4.69) is 32.0 Å². The molecule has 4 rings (SSSR count). The van der Waals surface area contributed by atoms with Gasteiger partial charge < -0.3 is 10.2 Å². The van der Waals surface area contributed by atoms with E-state index in [0.717, 1.165) is 44.0 Å². The molecular weight excluding hydrogens is 460 g/mol. The van der Waals surface area contributed by atoms with Crippen LogP contribution in [0, 0.1) is 0 Å². The Labute approximate surface area is 209 Å². The fourth-order valence-corrected chi connectivity index (χ4v) is 5.86. The van der Waals surface area contributed by atoms with Crippen molar-refractivity contribution >= 4 is 27.3 Å². The zero-order valence-corrected chi connectivity index (χ0v) is 21.4. The van der Waals surface area contributed by atoms with E-state index in [1.165, 1.54) is 50.5 Å². The average Bonchev–Trinajstić information content (AvgIpc) is 3.13. The number of piperidine rings is 1. The number of hydrogen-bond acceptors (Lipinski definition) is 5. The summed E-state index contributed by atoms with van der Waals surface area (Å²) in [6.07, 6.45) is 8.83. The van der Waals surface area contributed by atoms with Crippen LogP contribution in [0.1, 0.15) is 56.1 Å². The second-order valence-corrected chi connectivity index (χ2v) is 11.5. The lowest BCUT2D eigenvalue weighted by atomic mass is 10.1. The predicted molar refractivity (Wildman–Crippen MR) is 142 cm³/mol. The van der Waals surface area contributed by atoms with E-state index in [0.29, 0.717) is 12.2 Å². The smallest absolute Gasteiger partial charge is 0.241 e. The highest BCUT2D eigenvalue weighted by molar-refractivity contribution is 7.93. The minimum atomic E-state index is -3.78. The number of likely N-dealkylation sites (tertiary alicyclic amines) is 1. The molecule has 0 bridgehead atoms. The van der Waals surface area contributed by atoms with E-state index in [1.54, 1.807) is 12.1 Å². The van der Waals surface area contributed by atoms with E-state index in [4.69, 9.17) is 0 Å². The van der Waals surface area contributed by atoms with Crippen LogP contribution >= 0.6 is 0 Å². The minimum Gasteiger partial charge on any atom is -0.372 e. The Balaban J connectivity index is 1.21. The SMILES string of the molecule is O=C(CS(=O)(=O)Nc1ccc(N2CCCCC2)cc1)NCc1ccc(CN2CCCCCC2)cc1. The molecule has 2 aromatic carbocycles. The summed E-state index contributed by atoms with van der Waals surface area (Å²) >= 11 is 0. The normalized spacial score (nSPS) is 17.5. The predicted octanol–water partition coefficient (Wildman–Crippen LogP) is 4.11. The summed E-state index contributed by atoms with van der Waals surface area (Å²) in [5.74, 6) is -1.12. The Bertz CT molecular complexity index is 1040. The monoisotopic (exact) mass is 498 g/mol. The fourth-order valence-electron chi connectivity index (χ4n) is 4.85. The molecule has 1 amide bonds. The first kappa shape index (κ1) is 25.5. The summed E-state index contributed by atoms with van der Waals surface area (Å²) in [6.45, 7) is 5.64. The second kappa shape index (κ2) is 12.4. The van der Waals surface area contributed by atoms with Gasteiger partial charge in [0.1, 0.15) is 5.75 Å². The van der Waals surface area contributed by atoms with Crippen molar-refractivity contribution in [2.75, 3.05) is 41.6 Å². The lowest BCUT2D eigenvalue weighted by molar-refractivity contribution is -0.118. The number of amides is 1. The number of nitrogens with zero attached hydrogens (tertiary/aromatic N) is 2. The first-order valence-corrected chi connectivity index (χ1v) is 14.5. The first-order chi connectivity index (χ1) is 17.0. The summed E-state index contributed by atoms with van der Waals surface area (Å²) in [7, 11) is -3.78. The van der Waals surface area contributed by atoms with Gasteiger partial charge in [0, 0.05) is 37.6 Å². The molecule has 2 saturated heterocycles. The Morgan fingerprint density at radius 3 is 1.97 bits per heavy atom.